The molecule has 0 amide bonds. The number of carboxylic acid groups (broad SMARTS) is 1. The molecule has 0 atom stereocenters. The molecule has 5 nitrogen and oxygen atoms in total. The van der Waals surface area contributed by atoms with Crippen LogP contribution in [0.15, 0.2) is 18.2 Å². The number of aromatic carboxylic acids is 1. The van der Waals surface area contributed by atoms with Crippen molar-refractivity contribution in [2.24, 2.45) is 0 Å². The Morgan fingerprint density at radius 2 is 2.40 bits per heavy atom. The minimum absolute atomic E-state index is 0.200. The lowest BCUT2D eigenvalue weighted by atomic mass is 10.2. The lowest BCUT2D eigenvalue weighted by Gasteiger charge is -1.95. The summed E-state index contributed by atoms with van der Waals surface area (Å²) in [6.07, 6.45) is 0. The second-order valence-corrected chi connectivity index (χ2v) is 2.98. The molecule has 0 fully saturated rings. The van der Waals surface area contributed by atoms with E-state index >= 15 is 0 Å². The van der Waals surface area contributed by atoms with Crippen LogP contribution < -0.4 is 4.74 Å². The number of rotatable bonds is 3. The van der Waals surface area contributed by atoms with Gasteiger partial charge in [-0.1, -0.05) is 6.07 Å². The van der Waals surface area contributed by atoms with E-state index in [1.165, 1.54) is 6.07 Å². The number of nitrogens with zero attached hydrogens (tertiary/aromatic N) is 1. The summed E-state index contributed by atoms with van der Waals surface area (Å²) in [4.78, 5) is 17.8. The van der Waals surface area contributed by atoms with Crippen LogP contribution in [0, 0.1) is 0 Å². The van der Waals surface area contributed by atoms with E-state index in [1.807, 2.05) is 6.92 Å². The molecule has 0 aliphatic rings. The highest BCUT2D eigenvalue weighted by Gasteiger charge is 2.11. The van der Waals surface area contributed by atoms with Crippen molar-refractivity contribution in [1.82, 2.24) is 9.97 Å². The zero-order valence-corrected chi connectivity index (χ0v) is 8.15. The van der Waals surface area contributed by atoms with Gasteiger partial charge in [-0.3, -0.25) is 0 Å². The van der Waals surface area contributed by atoms with Crippen molar-refractivity contribution in [1.29, 1.82) is 0 Å². The number of aromatic nitrogens is 2. The predicted octanol–water partition coefficient (Wildman–Crippen LogP) is 1.66. The number of aromatic amines is 1. The first-order valence-electron chi connectivity index (χ1n) is 4.57. The quantitative estimate of drug-likeness (QED) is 0.800. The number of nitrogens with one attached hydrogen (secondary N) is 1. The minimum Gasteiger partial charge on any atom is -0.478 e. The average molecular weight is 206 g/mol. The monoisotopic (exact) mass is 206 g/mol. The number of fused-ring (bicyclic) bond motifs is 1. The zero-order chi connectivity index (χ0) is 10.8. The van der Waals surface area contributed by atoms with Crippen molar-refractivity contribution in [2.45, 2.75) is 6.92 Å². The van der Waals surface area contributed by atoms with Crippen LogP contribution in [0.1, 0.15) is 17.3 Å². The molecule has 0 saturated heterocycles. The lowest BCUT2D eigenvalue weighted by Crippen LogP contribution is -1.97. The van der Waals surface area contributed by atoms with Crippen molar-refractivity contribution in [2.75, 3.05) is 6.61 Å². The summed E-state index contributed by atoms with van der Waals surface area (Å²) in [6.45, 7) is 2.33. The summed E-state index contributed by atoms with van der Waals surface area (Å²) in [6, 6.07) is 5.27. The Bertz CT molecular complexity index is 504. The summed E-state index contributed by atoms with van der Waals surface area (Å²) in [5.74, 6) is -0.979. The van der Waals surface area contributed by atoms with E-state index in [1.54, 1.807) is 12.1 Å². The normalized spacial score (nSPS) is 10.5. The highest BCUT2D eigenvalue weighted by Crippen LogP contribution is 2.19. The first kappa shape index (κ1) is 9.51. The second-order valence-electron chi connectivity index (χ2n) is 2.98. The fraction of sp³-hybridized carbons (Fsp3) is 0.200. The Hall–Kier alpha value is -2.04. The standard InChI is InChI=1S/C10H10N2O3/c1-2-15-10-11-7-5-3-4-6(9(13)14)8(7)12-10/h3-5H,2H2,1H3,(H,11,12)(H,13,14). The van der Waals surface area contributed by atoms with Gasteiger partial charge in [-0.2, -0.15) is 4.98 Å². The Labute approximate surface area is 85.7 Å². The summed E-state index contributed by atoms with van der Waals surface area (Å²) < 4.78 is 5.17. The number of H-pyrrole nitrogens is 1. The van der Waals surface area contributed by atoms with Crippen LogP contribution in [-0.4, -0.2) is 27.7 Å². The van der Waals surface area contributed by atoms with Crippen molar-refractivity contribution in [3.8, 4) is 6.01 Å². The van der Waals surface area contributed by atoms with Gasteiger partial charge in [0, 0.05) is 0 Å². The van der Waals surface area contributed by atoms with E-state index in [4.69, 9.17) is 9.84 Å². The van der Waals surface area contributed by atoms with Crippen LogP contribution in [0.4, 0.5) is 0 Å². The van der Waals surface area contributed by atoms with Gasteiger partial charge in [-0.15, -0.1) is 0 Å². The van der Waals surface area contributed by atoms with Gasteiger partial charge in [-0.05, 0) is 19.1 Å². The van der Waals surface area contributed by atoms with Gasteiger partial charge in [0.15, 0.2) is 0 Å². The van der Waals surface area contributed by atoms with Gasteiger partial charge in [0.05, 0.1) is 23.2 Å². The first-order valence-corrected chi connectivity index (χ1v) is 4.57. The van der Waals surface area contributed by atoms with Crippen LogP contribution in [0.5, 0.6) is 6.01 Å². The molecule has 0 saturated carbocycles. The average Bonchev–Trinajstić information content (AvgIpc) is 2.59. The third-order valence-electron chi connectivity index (χ3n) is 2.01. The number of benzene rings is 1. The van der Waals surface area contributed by atoms with E-state index in [-0.39, 0.29) is 5.56 Å². The SMILES string of the molecule is CCOc1nc2cccc(C(=O)O)c2[nH]1. The molecular formula is C10H10N2O3. The van der Waals surface area contributed by atoms with E-state index in [0.717, 1.165) is 0 Å². The van der Waals surface area contributed by atoms with Crippen LogP contribution in [0.3, 0.4) is 0 Å². The molecule has 1 heterocycles. The van der Waals surface area contributed by atoms with Gasteiger partial charge >= 0.3 is 5.97 Å². The topological polar surface area (TPSA) is 75.2 Å². The summed E-state index contributed by atoms with van der Waals surface area (Å²) in [5, 5.41) is 8.93. The smallest absolute Gasteiger partial charge is 0.337 e. The number of hydrogen-bond acceptors (Lipinski definition) is 3. The third-order valence-corrected chi connectivity index (χ3v) is 2.01. The fourth-order valence-electron chi connectivity index (χ4n) is 1.39. The lowest BCUT2D eigenvalue weighted by molar-refractivity contribution is 0.0699. The number of ether oxygens (including phenoxy) is 1. The Morgan fingerprint density at radius 1 is 1.60 bits per heavy atom. The maximum Gasteiger partial charge on any atom is 0.337 e. The molecule has 0 radical (unpaired) electrons. The molecule has 1 aromatic carbocycles. The third kappa shape index (κ3) is 1.63. The van der Waals surface area contributed by atoms with Gasteiger partial charge in [0.1, 0.15) is 0 Å². The number of hydrogen-bond donors (Lipinski definition) is 2. The molecule has 2 N–H and O–H groups in total. The minimum atomic E-state index is -0.979. The summed E-state index contributed by atoms with van der Waals surface area (Å²) in [7, 11) is 0. The van der Waals surface area contributed by atoms with Crippen LogP contribution in [0.25, 0.3) is 11.0 Å². The maximum atomic E-state index is 10.9. The van der Waals surface area contributed by atoms with Crippen molar-refractivity contribution >= 4 is 17.0 Å². The van der Waals surface area contributed by atoms with E-state index in [9.17, 15) is 4.79 Å². The molecule has 0 spiro atoms. The van der Waals surface area contributed by atoms with Gasteiger partial charge in [-0.25, -0.2) is 4.79 Å². The van der Waals surface area contributed by atoms with E-state index in [0.29, 0.717) is 23.7 Å². The van der Waals surface area contributed by atoms with Gasteiger partial charge in [0.25, 0.3) is 6.01 Å². The number of carbonyl (C=O) groups is 1. The molecule has 15 heavy (non-hydrogen) atoms. The number of para-hydroxylation sites is 1. The molecule has 5 heteroatoms. The molecule has 0 aliphatic carbocycles. The predicted molar refractivity (Wildman–Crippen MR) is 54.2 cm³/mol. The van der Waals surface area contributed by atoms with Gasteiger partial charge < -0.3 is 14.8 Å². The van der Waals surface area contributed by atoms with E-state index < -0.39 is 5.97 Å². The highest BCUT2D eigenvalue weighted by atomic mass is 16.5. The molecular weight excluding hydrogens is 196 g/mol. The maximum absolute atomic E-state index is 10.9. The van der Waals surface area contributed by atoms with Crippen LogP contribution >= 0.6 is 0 Å². The Balaban J connectivity index is 2.59. The zero-order valence-electron chi connectivity index (χ0n) is 8.15. The first-order chi connectivity index (χ1) is 7.22. The van der Waals surface area contributed by atoms with Crippen molar-refractivity contribution in [3.63, 3.8) is 0 Å². The van der Waals surface area contributed by atoms with Crippen molar-refractivity contribution < 1.29 is 14.6 Å². The van der Waals surface area contributed by atoms with Gasteiger partial charge in [0.2, 0.25) is 0 Å². The van der Waals surface area contributed by atoms with E-state index in [2.05, 4.69) is 9.97 Å². The molecule has 0 unspecified atom stereocenters. The molecule has 2 rings (SSSR count). The highest BCUT2D eigenvalue weighted by molar-refractivity contribution is 6.01. The molecule has 1 aromatic heterocycles. The Morgan fingerprint density at radius 3 is 3.07 bits per heavy atom. The molecule has 0 bridgehead atoms. The molecule has 0 aliphatic heterocycles. The Kier molecular flexibility index (Phi) is 2.29. The second kappa shape index (κ2) is 3.61. The number of carboxylic acids is 1. The summed E-state index contributed by atoms with van der Waals surface area (Å²) >= 11 is 0. The molecule has 2 aromatic rings. The largest absolute Gasteiger partial charge is 0.478 e. The summed E-state index contributed by atoms with van der Waals surface area (Å²) in [5.41, 5.74) is 1.29. The molecule has 78 valence electrons. The van der Waals surface area contributed by atoms with Crippen LogP contribution in [0.2, 0.25) is 0 Å². The van der Waals surface area contributed by atoms with Crippen LogP contribution in [-0.2, 0) is 0 Å². The van der Waals surface area contributed by atoms with Crippen molar-refractivity contribution in [3.05, 3.63) is 23.8 Å². The fourth-order valence-corrected chi connectivity index (χ4v) is 1.39. The number of imidazole rings is 1.